The Labute approximate surface area is 221 Å². The Bertz CT molecular complexity index is 1230. The smallest absolute Gasteiger partial charge is 0.336 e. The van der Waals surface area contributed by atoms with Crippen molar-refractivity contribution in [3.05, 3.63) is 74.2 Å². The quantitative estimate of drug-likeness (QED) is 0.167. The summed E-state index contributed by atoms with van der Waals surface area (Å²) in [4.78, 5) is 36.8. The van der Waals surface area contributed by atoms with Crippen LogP contribution in [0, 0.1) is 10.1 Å². The minimum Gasteiger partial charge on any atom is -0.477 e. The summed E-state index contributed by atoms with van der Waals surface area (Å²) in [6.07, 6.45) is 4.12. The van der Waals surface area contributed by atoms with E-state index in [4.69, 9.17) is 14.2 Å². The molecule has 11 nitrogen and oxygen atoms in total. The number of methoxy groups -OCH3 is 1. The van der Waals surface area contributed by atoms with Gasteiger partial charge >= 0.3 is 11.9 Å². The largest absolute Gasteiger partial charge is 0.477 e. The van der Waals surface area contributed by atoms with Crippen molar-refractivity contribution in [2.45, 2.75) is 58.8 Å². The van der Waals surface area contributed by atoms with E-state index in [9.17, 15) is 19.7 Å². The average molecular weight is 527 g/mol. The van der Waals surface area contributed by atoms with Crippen LogP contribution in [0.5, 0.6) is 5.88 Å². The molecule has 1 aliphatic heterocycles. The zero-order chi connectivity index (χ0) is 27.7. The number of esters is 2. The molecule has 0 bridgehead atoms. The van der Waals surface area contributed by atoms with Crippen molar-refractivity contribution in [1.82, 2.24) is 15.5 Å². The van der Waals surface area contributed by atoms with Crippen LogP contribution in [0.2, 0.25) is 0 Å². The molecule has 1 atom stereocenters. The molecule has 2 heterocycles. The van der Waals surface area contributed by atoms with Crippen LogP contribution in [0.3, 0.4) is 0 Å². The highest BCUT2D eigenvalue weighted by Gasteiger charge is 2.38. The summed E-state index contributed by atoms with van der Waals surface area (Å²) >= 11 is 0. The van der Waals surface area contributed by atoms with Crippen molar-refractivity contribution in [3.8, 4) is 5.88 Å². The van der Waals surface area contributed by atoms with Crippen molar-refractivity contribution in [2.75, 3.05) is 20.3 Å². The summed E-state index contributed by atoms with van der Waals surface area (Å²) in [5.74, 6) is -1.50. The summed E-state index contributed by atoms with van der Waals surface area (Å²) < 4.78 is 16.2. The van der Waals surface area contributed by atoms with Crippen molar-refractivity contribution in [3.63, 3.8) is 0 Å². The zero-order valence-corrected chi connectivity index (χ0v) is 22.2. The Balaban J connectivity index is 1.61. The summed E-state index contributed by atoms with van der Waals surface area (Å²) in [5, 5.41) is 21.4. The number of dihydropyridines is 1. The number of allylic oxidation sites excluding steroid dienone is 2. The van der Waals surface area contributed by atoms with Gasteiger partial charge < -0.3 is 19.5 Å². The van der Waals surface area contributed by atoms with Gasteiger partial charge in [0.15, 0.2) is 0 Å². The lowest BCUT2D eigenvalue weighted by Crippen LogP contribution is -2.32. The van der Waals surface area contributed by atoms with Gasteiger partial charge in [-0.05, 0) is 51.5 Å². The molecule has 0 fully saturated rings. The summed E-state index contributed by atoms with van der Waals surface area (Å²) in [7, 11) is 1.25. The van der Waals surface area contributed by atoms with Crippen molar-refractivity contribution in [2.24, 2.45) is 0 Å². The number of nitrogens with one attached hydrogen (secondary N) is 2. The number of aromatic amines is 1. The van der Waals surface area contributed by atoms with Gasteiger partial charge in [-0.2, -0.15) is 0 Å². The third kappa shape index (κ3) is 6.99. The topological polar surface area (TPSA) is 146 Å². The summed E-state index contributed by atoms with van der Waals surface area (Å²) in [6.45, 7) is 6.20. The second-order valence-electron chi connectivity index (χ2n) is 8.96. The van der Waals surface area contributed by atoms with Gasteiger partial charge in [0, 0.05) is 35.3 Å². The normalized spacial score (nSPS) is 15.2. The fraction of sp³-hybridized carbons (Fsp3) is 0.444. The van der Waals surface area contributed by atoms with Crippen LogP contribution in [-0.4, -0.2) is 47.4 Å². The van der Waals surface area contributed by atoms with E-state index >= 15 is 0 Å². The number of ether oxygens (including phenoxy) is 3. The molecule has 0 saturated carbocycles. The first kappa shape index (κ1) is 28.4. The maximum Gasteiger partial charge on any atom is 0.336 e. The van der Waals surface area contributed by atoms with Gasteiger partial charge in [-0.3, -0.25) is 15.2 Å². The molecule has 1 unspecified atom stereocenters. The summed E-state index contributed by atoms with van der Waals surface area (Å²) in [5.41, 5.74) is 2.75. The van der Waals surface area contributed by atoms with E-state index in [0.717, 1.165) is 31.4 Å². The number of nitrogens with zero attached hydrogens (tertiary/aromatic N) is 2. The predicted octanol–water partition coefficient (Wildman–Crippen LogP) is 4.47. The monoisotopic (exact) mass is 526 g/mol. The number of nitro benzene ring substituents is 1. The molecule has 0 saturated heterocycles. The lowest BCUT2D eigenvalue weighted by molar-refractivity contribution is -0.384. The van der Waals surface area contributed by atoms with Crippen LogP contribution in [0.25, 0.3) is 0 Å². The predicted molar refractivity (Wildman–Crippen MR) is 139 cm³/mol. The van der Waals surface area contributed by atoms with E-state index < -0.39 is 22.8 Å². The molecule has 0 radical (unpaired) electrons. The Morgan fingerprint density at radius 1 is 1.03 bits per heavy atom. The number of aromatic nitrogens is 2. The lowest BCUT2D eigenvalue weighted by atomic mass is 9.80. The zero-order valence-electron chi connectivity index (χ0n) is 22.2. The number of hydrogen-bond donors (Lipinski definition) is 2. The minimum atomic E-state index is -0.872. The molecular formula is C27H34N4O7. The van der Waals surface area contributed by atoms with Crippen LogP contribution in [0.15, 0.2) is 52.9 Å². The SMILES string of the molecule is CCc1cc(OCCCCCCOC(=O)C2=C(C)NC(C)=C(C(=O)OC)C2c2cccc([N+](=O)[O-])c2)n[nH]1. The Kier molecular flexibility index (Phi) is 10.0. The van der Waals surface area contributed by atoms with Gasteiger partial charge in [-0.15, -0.1) is 5.10 Å². The number of hydrogen-bond acceptors (Lipinski definition) is 9. The third-order valence-electron chi connectivity index (χ3n) is 6.31. The van der Waals surface area contributed by atoms with E-state index in [2.05, 4.69) is 15.5 Å². The van der Waals surface area contributed by atoms with Gasteiger partial charge in [0.05, 0.1) is 42.3 Å². The number of benzene rings is 1. The van der Waals surface area contributed by atoms with Crippen LogP contribution in [0.1, 0.15) is 63.6 Å². The number of carbonyl (C=O) groups excluding carboxylic acids is 2. The van der Waals surface area contributed by atoms with Gasteiger partial charge in [0.2, 0.25) is 5.88 Å². The molecule has 38 heavy (non-hydrogen) atoms. The maximum atomic E-state index is 13.2. The highest BCUT2D eigenvalue weighted by atomic mass is 16.6. The fourth-order valence-corrected chi connectivity index (χ4v) is 4.37. The highest BCUT2D eigenvalue weighted by molar-refractivity contribution is 5.99. The maximum absolute atomic E-state index is 13.2. The molecule has 0 spiro atoms. The molecular weight excluding hydrogens is 492 g/mol. The second-order valence-corrected chi connectivity index (χ2v) is 8.96. The van der Waals surface area contributed by atoms with E-state index in [-0.39, 0.29) is 23.4 Å². The molecule has 0 amide bonds. The van der Waals surface area contributed by atoms with E-state index in [1.807, 2.05) is 13.0 Å². The lowest BCUT2D eigenvalue weighted by Gasteiger charge is -2.30. The molecule has 11 heteroatoms. The van der Waals surface area contributed by atoms with Crippen LogP contribution in [0.4, 0.5) is 5.69 Å². The number of unbranched alkanes of at least 4 members (excludes halogenated alkanes) is 3. The minimum absolute atomic E-state index is 0.143. The third-order valence-corrected chi connectivity index (χ3v) is 6.31. The summed E-state index contributed by atoms with van der Waals surface area (Å²) in [6, 6.07) is 7.78. The number of nitro groups is 1. The number of non-ortho nitro benzene ring substituents is 1. The molecule has 1 aromatic heterocycles. The number of aryl methyl sites for hydroxylation is 1. The van der Waals surface area contributed by atoms with Crippen LogP contribution in [-0.2, 0) is 25.5 Å². The first-order valence-corrected chi connectivity index (χ1v) is 12.6. The molecule has 1 aromatic carbocycles. The van der Waals surface area contributed by atoms with E-state index in [1.165, 1.54) is 25.3 Å². The van der Waals surface area contributed by atoms with Crippen molar-refractivity contribution < 1.29 is 28.7 Å². The molecule has 204 valence electrons. The van der Waals surface area contributed by atoms with Gasteiger partial charge in [-0.25, -0.2) is 9.59 Å². The highest BCUT2D eigenvalue weighted by Crippen LogP contribution is 2.40. The number of rotatable bonds is 13. The second kappa shape index (κ2) is 13.4. The van der Waals surface area contributed by atoms with Gasteiger partial charge in [0.1, 0.15) is 0 Å². The Hall–Kier alpha value is -4.15. The first-order valence-electron chi connectivity index (χ1n) is 12.6. The van der Waals surface area contributed by atoms with Crippen molar-refractivity contribution in [1.29, 1.82) is 0 Å². The van der Waals surface area contributed by atoms with Gasteiger partial charge in [0.25, 0.3) is 5.69 Å². The Morgan fingerprint density at radius 2 is 1.71 bits per heavy atom. The van der Waals surface area contributed by atoms with Gasteiger partial charge in [-0.1, -0.05) is 19.1 Å². The van der Waals surface area contributed by atoms with Crippen molar-refractivity contribution >= 4 is 17.6 Å². The fourth-order valence-electron chi connectivity index (χ4n) is 4.37. The molecule has 2 N–H and O–H groups in total. The molecule has 0 aliphatic carbocycles. The average Bonchev–Trinajstić information content (AvgIpc) is 3.37. The Morgan fingerprint density at radius 3 is 2.34 bits per heavy atom. The number of carbonyl (C=O) groups is 2. The number of H-pyrrole nitrogens is 1. The standard InChI is InChI=1S/C27H34N4O7/c1-5-20-16-22(30-29-20)37-13-8-6-7-9-14-38-27(33)24-18(3)28-17(2)23(26(32)36-4)25(24)19-11-10-12-21(15-19)31(34)35/h10-12,15-16,25,28H,5-9,13-14H2,1-4H3,(H,29,30). The molecule has 3 rings (SSSR count). The van der Waals surface area contributed by atoms with Crippen LogP contribution < -0.4 is 10.1 Å². The molecule has 2 aromatic rings. The van der Waals surface area contributed by atoms with Crippen LogP contribution >= 0.6 is 0 Å². The molecule has 1 aliphatic rings. The first-order chi connectivity index (χ1) is 18.3. The van der Waals surface area contributed by atoms with E-state index in [0.29, 0.717) is 35.9 Å². The van der Waals surface area contributed by atoms with E-state index in [1.54, 1.807) is 19.9 Å².